The van der Waals surface area contributed by atoms with Crippen molar-refractivity contribution in [3.63, 3.8) is 0 Å². The molecule has 0 aromatic heterocycles. The minimum absolute atomic E-state index is 0.0126. The molecule has 1 aliphatic heterocycles. The summed E-state index contributed by atoms with van der Waals surface area (Å²) < 4.78 is 0. The van der Waals surface area contributed by atoms with Gasteiger partial charge in [0.15, 0.2) is 0 Å². The van der Waals surface area contributed by atoms with E-state index in [0.29, 0.717) is 17.4 Å². The number of hydrogen-bond donors (Lipinski definition) is 2. The minimum atomic E-state index is -0.142. The van der Waals surface area contributed by atoms with Crippen LogP contribution >= 0.6 is 0 Å². The Kier molecular flexibility index (Phi) is 5.20. The molecule has 1 fully saturated rings. The average molecular weight is 290 g/mol. The van der Waals surface area contributed by atoms with E-state index < -0.39 is 0 Å². The van der Waals surface area contributed by atoms with Crippen molar-refractivity contribution < 1.29 is 4.79 Å². The molecule has 1 aromatic carbocycles. The maximum atomic E-state index is 12.5. The minimum Gasteiger partial charge on any atom is -0.397 e. The molecule has 2 rings (SSSR count). The molecule has 5 heteroatoms. The fourth-order valence-electron chi connectivity index (χ4n) is 2.98. The van der Waals surface area contributed by atoms with Crippen molar-refractivity contribution in [3.05, 3.63) is 24.3 Å². The van der Waals surface area contributed by atoms with Crippen LogP contribution < -0.4 is 11.1 Å². The van der Waals surface area contributed by atoms with E-state index >= 15 is 0 Å². The third kappa shape index (κ3) is 3.95. The second kappa shape index (κ2) is 6.91. The van der Waals surface area contributed by atoms with Crippen LogP contribution in [0.2, 0.25) is 0 Å². The van der Waals surface area contributed by atoms with E-state index in [1.54, 1.807) is 6.07 Å². The molecule has 2 unspecified atom stereocenters. The molecule has 2 atom stereocenters. The number of amides is 1. The number of likely N-dealkylation sites (tertiary alicyclic amines) is 1. The summed E-state index contributed by atoms with van der Waals surface area (Å²) >= 11 is 0. The van der Waals surface area contributed by atoms with E-state index in [2.05, 4.69) is 29.2 Å². The largest absolute Gasteiger partial charge is 0.397 e. The Balaban J connectivity index is 2.00. The fourth-order valence-corrected chi connectivity index (χ4v) is 2.98. The number of para-hydroxylation sites is 2. The lowest BCUT2D eigenvalue weighted by atomic mass is 10.1. The number of nitrogen functional groups attached to an aromatic ring is 1. The Morgan fingerprint density at radius 3 is 2.86 bits per heavy atom. The number of carbonyl (C=O) groups excluding carboxylic acids is 1. The molecule has 1 heterocycles. The first-order chi connectivity index (χ1) is 9.99. The summed E-state index contributed by atoms with van der Waals surface area (Å²) in [7, 11) is 4.15. The Hall–Kier alpha value is -1.59. The van der Waals surface area contributed by atoms with Crippen LogP contribution in [0.1, 0.15) is 19.8 Å². The molecule has 3 N–H and O–H groups in total. The van der Waals surface area contributed by atoms with E-state index in [1.165, 1.54) is 0 Å². The number of benzene rings is 1. The van der Waals surface area contributed by atoms with Crippen molar-refractivity contribution in [1.82, 2.24) is 9.80 Å². The summed E-state index contributed by atoms with van der Waals surface area (Å²) in [6, 6.07) is 7.68. The van der Waals surface area contributed by atoms with Crippen molar-refractivity contribution >= 4 is 17.3 Å². The molecule has 0 spiro atoms. The van der Waals surface area contributed by atoms with Crippen LogP contribution in [0.5, 0.6) is 0 Å². The average Bonchev–Trinajstić information content (AvgIpc) is 2.87. The number of anilines is 2. The van der Waals surface area contributed by atoms with Gasteiger partial charge in [0, 0.05) is 12.6 Å². The second-order valence-electron chi connectivity index (χ2n) is 6.05. The molecule has 0 bridgehead atoms. The summed E-state index contributed by atoms with van der Waals surface area (Å²) in [4.78, 5) is 16.9. The van der Waals surface area contributed by atoms with Crippen LogP contribution in [0.15, 0.2) is 24.3 Å². The molecule has 0 radical (unpaired) electrons. The van der Waals surface area contributed by atoms with E-state index in [4.69, 9.17) is 5.73 Å². The van der Waals surface area contributed by atoms with Gasteiger partial charge in [-0.05, 0) is 52.5 Å². The normalized spacial score (nSPS) is 20.7. The lowest BCUT2D eigenvalue weighted by Gasteiger charge is -2.31. The van der Waals surface area contributed by atoms with Gasteiger partial charge >= 0.3 is 0 Å². The van der Waals surface area contributed by atoms with Crippen LogP contribution in [-0.4, -0.2) is 55.0 Å². The van der Waals surface area contributed by atoms with Gasteiger partial charge in [-0.25, -0.2) is 0 Å². The van der Waals surface area contributed by atoms with E-state index in [1.807, 2.05) is 25.1 Å². The SMILES string of the molecule is CC(C(=O)Nc1ccccc1N)N1CCCC1CN(C)C. The van der Waals surface area contributed by atoms with Crippen LogP contribution in [0.3, 0.4) is 0 Å². The molecular weight excluding hydrogens is 264 g/mol. The van der Waals surface area contributed by atoms with Crippen LogP contribution in [0.4, 0.5) is 11.4 Å². The van der Waals surface area contributed by atoms with Crippen molar-refractivity contribution in [1.29, 1.82) is 0 Å². The zero-order chi connectivity index (χ0) is 15.4. The molecule has 5 nitrogen and oxygen atoms in total. The summed E-state index contributed by atoms with van der Waals surface area (Å²) in [6.45, 7) is 3.95. The summed E-state index contributed by atoms with van der Waals surface area (Å²) in [6.07, 6.45) is 2.31. The number of carbonyl (C=O) groups is 1. The predicted octanol–water partition coefficient (Wildman–Crippen LogP) is 1.62. The van der Waals surface area contributed by atoms with Gasteiger partial charge in [-0.1, -0.05) is 12.1 Å². The van der Waals surface area contributed by atoms with Crippen LogP contribution in [0.25, 0.3) is 0 Å². The summed E-state index contributed by atoms with van der Waals surface area (Å²) in [5.41, 5.74) is 7.17. The summed E-state index contributed by atoms with van der Waals surface area (Å²) in [5.74, 6) is 0.0126. The smallest absolute Gasteiger partial charge is 0.241 e. The van der Waals surface area contributed by atoms with E-state index in [9.17, 15) is 4.79 Å². The highest BCUT2D eigenvalue weighted by Gasteiger charge is 2.32. The number of nitrogens with zero attached hydrogens (tertiary/aromatic N) is 2. The maximum absolute atomic E-state index is 12.5. The van der Waals surface area contributed by atoms with Crippen molar-refractivity contribution in [2.24, 2.45) is 0 Å². The number of likely N-dealkylation sites (N-methyl/N-ethyl adjacent to an activating group) is 1. The molecule has 1 amide bonds. The lowest BCUT2D eigenvalue weighted by Crippen LogP contribution is -2.47. The zero-order valence-corrected chi connectivity index (χ0v) is 13.2. The third-order valence-corrected chi connectivity index (χ3v) is 4.09. The molecule has 21 heavy (non-hydrogen) atoms. The molecule has 1 saturated heterocycles. The molecule has 0 aliphatic carbocycles. The Bertz CT molecular complexity index is 489. The first kappa shape index (κ1) is 15.8. The van der Waals surface area contributed by atoms with Crippen molar-refractivity contribution in [2.75, 3.05) is 38.2 Å². The van der Waals surface area contributed by atoms with Gasteiger partial charge in [0.2, 0.25) is 5.91 Å². The Morgan fingerprint density at radius 1 is 1.48 bits per heavy atom. The number of nitrogens with one attached hydrogen (secondary N) is 1. The first-order valence-electron chi connectivity index (χ1n) is 7.55. The topological polar surface area (TPSA) is 61.6 Å². The van der Waals surface area contributed by atoms with Gasteiger partial charge in [-0.15, -0.1) is 0 Å². The standard InChI is InChI=1S/C16H26N4O/c1-12(20-10-6-7-13(20)11-19(2)3)16(21)18-15-9-5-4-8-14(15)17/h4-5,8-9,12-13H,6-7,10-11,17H2,1-3H3,(H,18,21). The van der Waals surface area contributed by atoms with Crippen LogP contribution in [0, 0.1) is 0 Å². The van der Waals surface area contributed by atoms with Gasteiger partial charge in [-0.3, -0.25) is 9.69 Å². The quantitative estimate of drug-likeness (QED) is 0.809. The van der Waals surface area contributed by atoms with Gasteiger partial charge in [0.1, 0.15) is 0 Å². The molecule has 0 saturated carbocycles. The van der Waals surface area contributed by atoms with E-state index in [0.717, 1.165) is 25.9 Å². The highest BCUT2D eigenvalue weighted by atomic mass is 16.2. The number of nitrogens with two attached hydrogens (primary N) is 1. The maximum Gasteiger partial charge on any atom is 0.241 e. The number of hydrogen-bond acceptors (Lipinski definition) is 4. The van der Waals surface area contributed by atoms with Gasteiger partial charge in [-0.2, -0.15) is 0 Å². The summed E-state index contributed by atoms with van der Waals surface area (Å²) in [5, 5.41) is 2.94. The molecule has 116 valence electrons. The first-order valence-corrected chi connectivity index (χ1v) is 7.55. The molecular formula is C16H26N4O. The molecule has 1 aromatic rings. The monoisotopic (exact) mass is 290 g/mol. The van der Waals surface area contributed by atoms with E-state index in [-0.39, 0.29) is 11.9 Å². The van der Waals surface area contributed by atoms with Crippen molar-refractivity contribution in [2.45, 2.75) is 31.8 Å². The molecule has 1 aliphatic rings. The van der Waals surface area contributed by atoms with Crippen LogP contribution in [-0.2, 0) is 4.79 Å². The Morgan fingerprint density at radius 2 is 2.19 bits per heavy atom. The van der Waals surface area contributed by atoms with Gasteiger partial charge in [0.25, 0.3) is 0 Å². The zero-order valence-electron chi connectivity index (χ0n) is 13.2. The van der Waals surface area contributed by atoms with Gasteiger partial charge in [0.05, 0.1) is 17.4 Å². The fraction of sp³-hybridized carbons (Fsp3) is 0.562. The Labute approximate surface area is 127 Å². The van der Waals surface area contributed by atoms with Crippen molar-refractivity contribution in [3.8, 4) is 0 Å². The lowest BCUT2D eigenvalue weighted by molar-refractivity contribution is -0.121. The predicted molar refractivity (Wildman–Crippen MR) is 87.2 cm³/mol. The van der Waals surface area contributed by atoms with Gasteiger partial charge < -0.3 is 16.0 Å². The third-order valence-electron chi connectivity index (χ3n) is 4.09. The highest BCUT2D eigenvalue weighted by Crippen LogP contribution is 2.22. The highest BCUT2D eigenvalue weighted by molar-refractivity contribution is 5.97. The number of rotatable bonds is 5. The second-order valence-corrected chi connectivity index (χ2v) is 6.05.